The van der Waals surface area contributed by atoms with E-state index in [0.29, 0.717) is 19.1 Å². The number of carbonyl (C=O) groups excluding carboxylic acids is 1. The van der Waals surface area contributed by atoms with E-state index in [1.165, 1.54) is 0 Å². The quantitative estimate of drug-likeness (QED) is 0.847. The number of hydrogen-bond acceptors (Lipinski definition) is 3. The van der Waals surface area contributed by atoms with Crippen LogP contribution >= 0.6 is 0 Å². The number of carbonyl (C=O) groups is 1. The minimum absolute atomic E-state index is 0.212. The Morgan fingerprint density at radius 1 is 1.42 bits per heavy atom. The summed E-state index contributed by atoms with van der Waals surface area (Å²) >= 11 is 0. The van der Waals surface area contributed by atoms with Gasteiger partial charge in [0.25, 0.3) is 0 Å². The fourth-order valence-corrected chi connectivity index (χ4v) is 3.49. The minimum Gasteiger partial charge on any atom is -0.391 e. The molecule has 1 N–H and O–H groups in total. The second-order valence-corrected chi connectivity index (χ2v) is 6.31. The SMILES string of the molecule is COCCC1(C(=O)N2CCC(C)C(O)C2)CCCC1. The molecule has 0 aromatic heterocycles. The van der Waals surface area contributed by atoms with Crippen LogP contribution in [-0.4, -0.2) is 48.8 Å². The molecule has 2 aliphatic rings. The van der Waals surface area contributed by atoms with E-state index in [1.807, 2.05) is 4.90 Å². The summed E-state index contributed by atoms with van der Waals surface area (Å²) in [7, 11) is 1.69. The molecule has 0 aromatic carbocycles. The molecular formula is C15H27NO3. The molecule has 1 aliphatic heterocycles. The molecule has 2 rings (SSSR count). The monoisotopic (exact) mass is 269 g/mol. The number of amides is 1. The number of rotatable bonds is 4. The largest absolute Gasteiger partial charge is 0.391 e. The number of piperidine rings is 1. The average Bonchev–Trinajstić information content (AvgIpc) is 2.89. The van der Waals surface area contributed by atoms with Gasteiger partial charge in [0.1, 0.15) is 0 Å². The molecular weight excluding hydrogens is 242 g/mol. The Hall–Kier alpha value is -0.610. The van der Waals surface area contributed by atoms with E-state index in [-0.39, 0.29) is 17.4 Å². The van der Waals surface area contributed by atoms with Gasteiger partial charge in [0.2, 0.25) is 5.91 Å². The zero-order valence-corrected chi connectivity index (χ0v) is 12.2. The van der Waals surface area contributed by atoms with Crippen molar-refractivity contribution in [3.63, 3.8) is 0 Å². The van der Waals surface area contributed by atoms with Gasteiger partial charge in [-0.05, 0) is 31.6 Å². The first kappa shape index (κ1) is 14.8. The van der Waals surface area contributed by atoms with Gasteiger partial charge in [-0.25, -0.2) is 0 Å². The van der Waals surface area contributed by atoms with Crippen LogP contribution < -0.4 is 0 Å². The summed E-state index contributed by atoms with van der Waals surface area (Å²) in [5.41, 5.74) is -0.212. The van der Waals surface area contributed by atoms with Gasteiger partial charge < -0.3 is 14.7 Å². The van der Waals surface area contributed by atoms with E-state index in [4.69, 9.17) is 4.74 Å². The van der Waals surface area contributed by atoms with Crippen molar-refractivity contribution in [2.75, 3.05) is 26.8 Å². The van der Waals surface area contributed by atoms with E-state index >= 15 is 0 Å². The lowest BCUT2D eigenvalue weighted by molar-refractivity contribution is -0.147. The number of nitrogens with zero attached hydrogens (tertiary/aromatic N) is 1. The first-order chi connectivity index (χ1) is 9.09. The number of methoxy groups -OCH3 is 1. The zero-order chi connectivity index (χ0) is 13.9. The molecule has 1 amide bonds. The van der Waals surface area contributed by atoms with Gasteiger partial charge in [-0.2, -0.15) is 0 Å². The molecule has 0 aromatic rings. The third-order valence-corrected chi connectivity index (χ3v) is 5.00. The van der Waals surface area contributed by atoms with Gasteiger partial charge in [-0.1, -0.05) is 19.8 Å². The summed E-state index contributed by atoms with van der Waals surface area (Å²) in [5, 5.41) is 9.98. The van der Waals surface area contributed by atoms with Crippen molar-refractivity contribution in [2.24, 2.45) is 11.3 Å². The molecule has 1 saturated heterocycles. The molecule has 110 valence electrons. The molecule has 0 spiro atoms. The topological polar surface area (TPSA) is 49.8 Å². The lowest BCUT2D eigenvalue weighted by Gasteiger charge is -2.40. The van der Waals surface area contributed by atoms with E-state index in [1.54, 1.807) is 7.11 Å². The Balaban J connectivity index is 2.03. The number of β-amino-alcohol motifs (C(OH)–C–C–N with tert-alkyl or cyclic N) is 1. The van der Waals surface area contributed by atoms with Crippen LogP contribution in [-0.2, 0) is 9.53 Å². The van der Waals surface area contributed by atoms with Crippen LogP contribution in [0.3, 0.4) is 0 Å². The lowest BCUT2D eigenvalue weighted by atomic mass is 9.80. The first-order valence-corrected chi connectivity index (χ1v) is 7.55. The summed E-state index contributed by atoms with van der Waals surface area (Å²) < 4.78 is 5.18. The average molecular weight is 269 g/mol. The van der Waals surface area contributed by atoms with Crippen molar-refractivity contribution in [1.82, 2.24) is 4.90 Å². The third-order valence-electron chi connectivity index (χ3n) is 5.00. The number of aliphatic hydroxyl groups is 1. The molecule has 4 heteroatoms. The van der Waals surface area contributed by atoms with Crippen LogP contribution in [0.2, 0.25) is 0 Å². The second-order valence-electron chi connectivity index (χ2n) is 6.31. The molecule has 4 nitrogen and oxygen atoms in total. The molecule has 19 heavy (non-hydrogen) atoms. The fourth-order valence-electron chi connectivity index (χ4n) is 3.49. The Morgan fingerprint density at radius 3 is 2.68 bits per heavy atom. The van der Waals surface area contributed by atoms with Crippen molar-refractivity contribution in [3.05, 3.63) is 0 Å². The van der Waals surface area contributed by atoms with Gasteiger partial charge in [0, 0.05) is 26.8 Å². The van der Waals surface area contributed by atoms with Crippen molar-refractivity contribution < 1.29 is 14.6 Å². The highest BCUT2D eigenvalue weighted by Gasteiger charge is 2.44. The third kappa shape index (κ3) is 3.11. The van der Waals surface area contributed by atoms with Crippen LogP contribution in [0.1, 0.15) is 45.4 Å². The van der Waals surface area contributed by atoms with Gasteiger partial charge in [0.05, 0.1) is 11.5 Å². The van der Waals surface area contributed by atoms with E-state index < -0.39 is 0 Å². The molecule has 0 radical (unpaired) electrons. The zero-order valence-electron chi connectivity index (χ0n) is 12.2. The number of ether oxygens (including phenoxy) is 1. The molecule has 1 heterocycles. The van der Waals surface area contributed by atoms with Crippen LogP contribution in [0, 0.1) is 11.3 Å². The number of likely N-dealkylation sites (tertiary alicyclic amines) is 1. The standard InChI is InChI=1S/C15H27NO3/c1-12-5-9-16(11-13(12)17)14(18)15(8-10-19-2)6-3-4-7-15/h12-13,17H,3-11H2,1-2H3. The number of hydrogen-bond donors (Lipinski definition) is 1. The van der Waals surface area contributed by atoms with Crippen LogP contribution in [0.15, 0.2) is 0 Å². The van der Waals surface area contributed by atoms with E-state index in [2.05, 4.69) is 6.92 Å². The number of aliphatic hydroxyl groups excluding tert-OH is 1. The van der Waals surface area contributed by atoms with E-state index in [0.717, 1.165) is 45.1 Å². The van der Waals surface area contributed by atoms with E-state index in [9.17, 15) is 9.90 Å². The Labute approximate surface area is 116 Å². The van der Waals surface area contributed by atoms with Gasteiger partial charge in [0.15, 0.2) is 0 Å². The first-order valence-electron chi connectivity index (χ1n) is 7.55. The fraction of sp³-hybridized carbons (Fsp3) is 0.933. The maximum Gasteiger partial charge on any atom is 0.228 e. The van der Waals surface area contributed by atoms with Crippen LogP contribution in [0.4, 0.5) is 0 Å². The normalized spacial score (nSPS) is 30.6. The molecule has 1 saturated carbocycles. The second kappa shape index (κ2) is 6.23. The summed E-state index contributed by atoms with van der Waals surface area (Å²) in [6, 6.07) is 0. The van der Waals surface area contributed by atoms with Crippen molar-refractivity contribution >= 4 is 5.91 Å². The maximum absolute atomic E-state index is 12.8. The van der Waals surface area contributed by atoms with Crippen LogP contribution in [0.5, 0.6) is 0 Å². The lowest BCUT2D eigenvalue weighted by Crippen LogP contribution is -2.51. The molecule has 2 fully saturated rings. The Kier molecular flexibility index (Phi) is 4.85. The molecule has 1 aliphatic carbocycles. The Bertz CT molecular complexity index is 313. The van der Waals surface area contributed by atoms with Crippen molar-refractivity contribution in [2.45, 2.75) is 51.6 Å². The smallest absolute Gasteiger partial charge is 0.228 e. The summed E-state index contributed by atoms with van der Waals surface area (Å²) in [6.45, 7) is 4.02. The molecule has 0 bridgehead atoms. The van der Waals surface area contributed by atoms with Gasteiger partial charge >= 0.3 is 0 Å². The van der Waals surface area contributed by atoms with Crippen molar-refractivity contribution in [1.29, 1.82) is 0 Å². The molecule has 2 atom stereocenters. The van der Waals surface area contributed by atoms with Crippen LogP contribution in [0.25, 0.3) is 0 Å². The summed E-state index contributed by atoms with van der Waals surface area (Å²) in [5.74, 6) is 0.565. The summed E-state index contributed by atoms with van der Waals surface area (Å²) in [6.07, 6.45) is 5.62. The molecule has 2 unspecified atom stereocenters. The highest BCUT2D eigenvalue weighted by Crippen LogP contribution is 2.43. The van der Waals surface area contributed by atoms with Gasteiger partial charge in [-0.3, -0.25) is 4.79 Å². The minimum atomic E-state index is -0.362. The highest BCUT2D eigenvalue weighted by molar-refractivity contribution is 5.83. The van der Waals surface area contributed by atoms with Crippen molar-refractivity contribution in [3.8, 4) is 0 Å². The predicted molar refractivity (Wildman–Crippen MR) is 73.8 cm³/mol. The maximum atomic E-state index is 12.8. The highest BCUT2D eigenvalue weighted by atomic mass is 16.5. The Morgan fingerprint density at radius 2 is 2.11 bits per heavy atom. The summed E-state index contributed by atoms with van der Waals surface area (Å²) in [4.78, 5) is 14.7. The van der Waals surface area contributed by atoms with Gasteiger partial charge in [-0.15, -0.1) is 0 Å². The predicted octanol–water partition coefficient (Wildman–Crippen LogP) is 1.81.